The third-order valence-electron chi connectivity index (χ3n) is 3.07. The first-order valence-electron chi connectivity index (χ1n) is 5.91. The van der Waals surface area contributed by atoms with Gasteiger partial charge in [-0.05, 0) is 26.4 Å². The molecule has 5 nitrogen and oxygen atoms in total. The molecule has 0 aliphatic heterocycles. The molecule has 102 valence electrons. The summed E-state index contributed by atoms with van der Waals surface area (Å²) in [6.45, 7) is 7.46. The predicted molar refractivity (Wildman–Crippen MR) is 76.9 cm³/mol. The number of nitrogens with zero attached hydrogens (tertiary/aromatic N) is 3. The summed E-state index contributed by atoms with van der Waals surface area (Å²) in [4.78, 5) is 10.1. The number of hydrogen-bond donors (Lipinski definition) is 2. The standard InChI is InChI=1S/C12H22ClN5/c1-8(12(2,3)6-18(4)5)17-11-9(13)10(14)15-7-16-11/h7-8H,6H2,1-5H3,(H3,14,15,16,17)/t8-/m1/s1. The summed E-state index contributed by atoms with van der Waals surface area (Å²) >= 11 is 6.07. The fourth-order valence-corrected chi connectivity index (χ4v) is 1.99. The molecule has 18 heavy (non-hydrogen) atoms. The van der Waals surface area contributed by atoms with Crippen molar-refractivity contribution in [1.82, 2.24) is 14.9 Å². The molecule has 1 heterocycles. The molecule has 0 aliphatic rings. The maximum atomic E-state index is 6.07. The minimum atomic E-state index is 0.0759. The van der Waals surface area contributed by atoms with E-state index in [-0.39, 0.29) is 11.5 Å². The number of halogens is 1. The molecule has 6 heteroatoms. The van der Waals surface area contributed by atoms with Crippen LogP contribution in [-0.2, 0) is 0 Å². The first-order chi connectivity index (χ1) is 8.24. The third kappa shape index (κ3) is 3.71. The zero-order valence-electron chi connectivity index (χ0n) is 11.7. The summed E-state index contributed by atoms with van der Waals surface area (Å²) in [6.07, 6.45) is 1.41. The second-order valence-electron chi connectivity index (χ2n) is 5.51. The van der Waals surface area contributed by atoms with Gasteiger partial charge in [-0.2, -0.15) is 0 Å². The molecule has 1 aromatic rings. The molecule has 0 aliphatic carbocycles. The van der Waals surface area contributed by atoms with Gasteiger partial charge in [0.2, 0.25) is 0 Å². The van der Waals surface area contributed by atoms with Gasteiger partial charge in [0.05, 0.1) is 0 Å². The second-order valence-corrected chi connectivity index (χ2v) is 5.89. The van der Waals surface area contributed by atoms with Gasteiger partial charge in [-0.25, -0.2) is 9.97 Å². The van der Waals surface area contributed by atoms with Crippen molar-refractivity contribution in [2.24, 2.45) is 5.41 Å². The highest BCUT2D eigenvalue weighted by molar-refractivity contribution is 6.35. The number of rotatable bonds is 5. The lowest BCUT2D eigenvalue weighted by atomic mass is 9.85. The molecule has 1 atom stereocenters. The van der Waals surface area contributed by atoms with Crippen LogP contribution in [-0.4, -0.2) is 41.5 Å². The highest BCUT2D eigenvalue weighted by atomic mass is 35.5. The molecule has 3 N–H and O–H groups in total. The Hall–Kier alpha value is -1.07. The zero-order chi connectivity index (χ0) is 13.9. The molecule has 0 bridgehead atoms. The number of nitrogens with one attached hydrogen (secondary N) is 1. The Morgan fingerprint density at radius 2 is 2.06 bits per heavy atom. The number of hydrogen-bond acceptors (Lipinski definition) is 5. The number of anilines is 2. The largest absolute Gasteiger partial charge is 0.382 e. The Labute approximate surface area is 114 Å². The quantitative estimate of drug-likeness (QED) is 0.858. The molecule has 0 unspecified atom stereocenters. The number of aromatic nitrogens is 2. The van der Waals surface area contributed by atoms with E-state index in [4.69, 9.17) is 17.3 Å². The van der Waals surface area contributed by atoms with E-state index in [0.717, 1.165) is 6.54 Å². The first kappa shape index (κ1) is 15.0. The second kappa shape index (κ2) is 5.71. The Kier molecular flexibility index (Phi) is 4.76. The van der Waals surface area contributed by atoms with E-state index in [2.05, 4.69) is 55.1 Å². The predicted octanol–water partition coefficient (Wildman–Crippen LogP) is 2.10. The highest BCUT2D eigenvalue weighted by Gasteiger charge is 2.27. The topological polar surface area (TPSA) is 67.1 Å². The maximum Gasteiger partial charge on any atom is 0.150 e. The van der Waals surface area contributed by atoms with E-state index < -0.39 is 0 Å². The van der Waals surface area contributed by atoms with Crippen molar-refractivity contribution < 1.29 is 0 Å². The average Bonchev–Trinajstić information content (AvgIpc) is 2.22. The van der Waals surface area contributed by atoms with E-state index in [1.807, 2.05) is 0 Å². The van der Waals surface area contributed by atoms with Crippen LogP contribution in [0.4, 0.5) is 11.6 Å². The lowest BCUT2D eigenvalue weighted by Gasteiger charge is -2.35. The minimum absolute atomic E-state index is 0.0759. The van der Waals surface area contributed by atoms with Gasteiger partial charge in [-0.1, -0.05) is 25.4 Å². The van der Waals surface area contributed by atoms with E-state index in [0.29, 0.717) is 16.7 Å². The molecular weight excluding hydrogens is 250 g/mol. The summed E-state index contributed by atoms with van der Waals surface area (Å²) in [5, 5.41) is 3.69. The summed E-state index contributed by atoms with van der Waals surface area (Å²) < 4.78 is 0. The van der Waals surface area contributed by atoms with Gasteiger partial charge < -0.3 is 16.0 Å². The van der Waals surface area contributed by atoms with Crippen LogP contribution in [0.15, 0.2) is 6.33 Å². The molecule has 0 aromatic carbocycles. The summed E-state index contributed by atoms with van der Waals surface area (Å²) in [5.74, 6) is 0.885. The van der Waals surface area contributed by atoms with Crippen molar-refractivity contribution in [3.05, 3.63) is 11.3 Å². The van der Waals surface area contributed by atoms with Crippen LogP contribution in [0.3, 0.4) is 0 Å². The third-order valence-corrected chi connectivity index (χ3v) is 3.44. The minimum Gasteiger partial charge on any atom is -0.382 e. The Bertz CT molecular complexity index is 405. The molecule has 0 fully saturated rings. The SMILES string of the molecule is C[C@@H](Nc1ncnc(N)c1Cl)C(C)(C)CN(C)C. The molecule has 1 rings (SSSR count). The first-order valence-corrected chi connectivity index (χ1v) is 6.29. The Morgan fingerprint density at radius 1 is 1.44 bits per heavy atom. The fraction of sp³-hybridized carbons (Fsp3) is 0.667. The van der Waals surface area contributed by atoms with Crippen LogP contribution in [0.5, 0.6) is 0 Å². The van der Waals surface area contributed by atoms with Crippen LogP contribution in [0.1, 0.15) is 20.8 Å². The molecule has 0 spiro atoms. The summed E-state index contributed by atoms with van der Waals surface area (Å²) in [7, 11) is 4.12. The van der Waals surface area contributed by atoms with E-state index in [1.54, 1.807) is 0 Å². The van der Waals surface area contributed by atoms with Crippen molar-refractivity contribution >= 4 is 23.2 Å². The smallest absolute Gasteiger partial charge is 0.150 e. The van der Waals surface area contributed by atoms with Crippen LogP contribution >= 0.6 is 11.6 Å². The van der Waals surface area contributed by atoms with Crippen molar-refractivity contribution in [2.45, 2.75) is 26.8 Å². The van der Waals surface area contributed by atoms with Gasteiger partial charge in [-0.3, -0.25) is 0 Å². The maximum absolute atomic E-state index is 6.07. The van der Waals surface area contributed by atoms with E-state index in [1.165, 1.54) is 6.33 Å². The van der Waals surface area contributed by atoms with E-state index >= 15 is 0 Å². The summed E-state index contributed by atoms with van der Waals surface area (Å²) in [5.41, 5.74) is 5.73. The number of nitrogens with two attached hydrogens (primary N) is 1. The van der Waals surface area contributed by atoms with Gasteiger partial charge >= 0.3 is 0 Å². The van der Waals surface area contributed by atoms with Crippen LogP contribution in [0.25, 0.3) is 0 Å². The van der Waals surface area contributed by atoms with Gasteiger partial charge in [-0.15, -0.1) is 0 Å². The van der Waals surface area contributed by atoms with Crippen molar-refractivity contribution in [3.8, 4) is 0 Å². The Morgan fingerprint density at radius 3 is 2.61 bits per heavy atom. The molecule has 0 amide bonds. The van der Waals surface area contributed by atoms with Gasteiger partial charge in [0.15, 0.2) is 5.82 Å². The van der Waals surface area contributed by atoms with Crippen molar-refractivity contribution in [3.63, 3.8) is 0 Å². The van der Waals surface area contributed by atoms with Crippen LogP contribution in [0.2, 0.25) is 5.02 Å². The van der Waals surface area contributed by atoms with Crippen molar-refractivity contribution in [1.29, 1.82) is 0 Å². The fourth-order valence-electron chi connectivity index (χ4n) is 1.84. The highest BCUT2D eigenvalue weighted by Crippen LogP contribution is 2.28. The average molecular weight is 272 g/mol. The lowest BCUT2D eigenvalue weighted by molar-refractivity contribution is 0.217. The zero-order valence-corrected chi connectivity index (χ0v) is 12.4. The molecule has 0 saturated heterocycles. The van der Waals surface area contributed by atoms with Gasteiger partial charge in [0.1, 0.15) is 17.2 Å². The monoisotopic (exact) mass is 271 g/mol. The normalized spacial score (nSPS) is 13.7. The summed E-state index contributed by atoms with van der Waals surface area (Å²) in [6, 6.07) is 0.201. The van der Waals surface area contributed by atoms with Gasteiger partial charge in [0.25, 0.3) is 0 Å². The van der Waals surface area contributed by atoms with Crippen molar-refractivity contribution in [2.75, 3.05) is 31.7 Å². The van der Waals surface area contributed by atoms with E-state index in [9.17, 15) is 0 Å². The molecule has 0 saturated carbocycles. The van der Waals surface area contributed by atoms with Gasteiger partial charge in [0, 0.05) is 12.6 Å². The van der Waals surface area contributed by atoms with Crippen LogP contribution in [0, 0.1) is 5.41 Å². The molecular formula is C12H22ClN5. The number of nitrogen functional groups attached to an aromatic ring is 1. The Balaban J connectivity index is 2.81. The lowest BCUT2D eigenvalue weighted by Crippen LogP contribution is -2.41. The molecule has 1 aromatic heterocycles. The molecule has 0 radical (unpaired) electrons. The van der Waals surface area contributed by atoms with Crippen LogP contribution < -0.4 is 11.1 Å².